The third-order valence-electron chi connectivity index (χ3n) is 4.26. The van der Waals surface area contributed by atoms with Gasteiger partial charge in [0.05, 0.1) is 18.3 Å². The van der Waals surface area contributed by atoms with E-state index in [0.29, 0.717) is 19.6 Å². The maximum atomic E-state index is 12.0. The fourth-order valence-electron chi connectivity index (χ4n) is 2.82. The number of hydrogen-bond donors (Lipinski definition) is 2. The van der Waals surface area contributed by atoms with Gasteiger partial charge >= 0.3 is 6.09 Å². The Morgan fingerprint density at radius 3 is 2.53 bits per heavy atom. The van der Waals surface area contributed by atoms with Crippen molar-refractivity contribution < 1.29 is 9.53 Å². The second-order valence-corrected chi connectivity index (χ2v) is 7.93. The molecular formula is C20H30IN7O2. The van der Waals surface area contributed by atoms with E-state index < -0.39 is 5.60 Å². The van der Waals surface area contributed by atoms with Crippen LogP contribution in [0, 0.1) is 0 Å². The number of amides is 1. The molecule has 1 aromatic carbocycles. The lowest BCUT2D eigenvalue weighted by Crippen LogP contribution is -2.63. The zero-order valence-corrected chi connectivity index (χ0v) is 20.2. The van der Waals surface area contributed by atoms with Crippen LogP contribution in [0.15, 0.2) is 41.9 Å². The molecule has 0 aliphatic carbocycles. The summed E-state index contributed by atoms with van der Waals surface area (Å²) in [4.78, 5) is 22.3. The molecule has 9 nitrogen and oxygen atoms in total. The molecule has 1 aliphatic rings. The zero-order valence-electron chi connectivity index (χ0n) is 17.8. The number of carbonyl (C=O) groups is 1. The van der Waals surface area contributed by atoms with Gasteiger partial charge in [-0.1, -0.05) is 12.1 Å². The SMILES string of the molecule is CCNC(=NCc1ccc(-n2cncn2)cc1)NC1CN(C(=O)OC(C)(C)C)C1.I. The third-order valence-corrected chi connectivity index (χ3v) is 4.26. The molecule has 0 radical (unpaired) electrons. The fraction of sp³-hybridized carbons (Fsp3) is 0.500. The Morgan fingerprint density at radius 2 is 1.97 bits per heavy atom. The van der Waals surface area contributed by atoms with Gasteiger partial charge in [-0.3, -0.25) is 0 Å². The lowest BCUT2D eigenvalue weighted by Gasteiger charge is -2.40. The fourth-order valence-corrected chi connectivity index (χ4v) is 2.82. The van der Waals surface area contributed by atoms with Gasteiger partial charge in [-0.25, -0.2) is 19.5 Å². The van der Waals surface area contributed by atoms with Crippen molar-refractivity contribution in [2.75, 3.05) is 19.6 Å². The van der Waals surface area contributed by atoms with Gasteiger partial charge in [-0.15, -0.1) is 24.0 Å². The number of rotatable bonds is 5. The first-order valence-electron chi connectivity index (χ1n) is 9.81. The van der Waals surface area contributed by atoms with Crippen LogP contribution < -0.4 is 10.6 Å². The Hall–Kier alpha value is -2.37. The molecular weight excluding hydrogens is 497 g/mol. The highest BCUT2D eigenvalue weighted by atomic mass is 127. The number of guanidine groups is 1. The van der Waals surface area contributed by atoms with Crippen molar-refractivity contribution in [1.29, 1.82) is 0 Å². The number of halogens is 1. The van der Waals surface area contributed by atoms with Crippen molar-refractivity contribution in [3.63, 3.8) is 0 Å². The summed E-state index contributed by atoms with van der Waals surface area (Å²) in [6.07, 6.45) is 2.90. The molecule has 0 spiro atoms. The highest BCUT2D eigenvalue weighted by Crippen LogP contribution is 2.15. The van der Waals surface area contributed by atoms with Gasteiger partial charge in [0.15, 0.2) is 5.96 Å². The van der Waals surface area contributed by atoms with Gasteiger partial charge in [0, 0.05) is 19.6 Å². The molecule has 2 N–H and O–H groups in total. The molecule has 3 rings (SSSR count). The minimum absolute atomic E-state index is 0. The van der Waals surface area contributed by atoms with Gasteiger partial charge in [0.1, 0.15) is 18.3 Å². The van der Waals surface area contributed by atoms with Crippen LogP contribution in [0.3, 0.4) is 0 Å². The molecule has 0 atom stereocenters. The van der Waals surface area contributed by atoms with Gasteiger partial charge in [-0.05, 0) is 45.4 Å². The first-order chi connectivity index (χ1) is 13.8. The number of aliphatic imine (C=N–C) groups is 1. The number of nitrogens with one attached hydrogen (secondary N) is 2. The van der Waals surface area contributed by atoms with Crippen molar-refractivity contribution in [2.45, 2.75) is 45.9 Å². The van der Waals surface area contributed by atoms with E-state index in [1.807, 2.05) is 52.0 Å². The van der Waals surface area contributed by atoms with E-state index in [4.69, 9.17) is 4.74 Å². The molecule has 0 saturated carbocycles. The minimum atomic E-state index is -0.477. The molecule has 1 amide bonds. The summed E-state index contributed by atoms with van der Waals surface area (Å²) in [5.74, 6) is 0.738. The van der Waals surface area contributed by atoms with Crippen LogP contribution in [0.1, 0.15) is 33.3 Å². The van der Waals surface area contributed by atoms with Crippen molar-refractivity contribution in [3.8, 4) is 5.69 Å². The van der Waals surface area contributed by atoms with Crippen molar-refractivity contribution >= 4 is 36.0 Å². The Kier molecular flexibility index (Phi) is 8.44. The molecule has 1 saturated heterocycles. The molecule has 1 aliphatic heterocycles. The molecule has 2 aromatic rings. The maximum absolute atomic E-state index is 12.0. The van der Waals surface area contributed by atoms with E-state index in [-0.39, 0.29) is 36.1 Å². The molecule has 164 valence electrons. The van der Waals surface area contributed by atoms with Crippen molar-refractivity contribution in [1.82, 2.24) is 30.3 Å². The van der Waals surface area contributed by atoms with E-state index in [0.717, 1.165) is 23.8 Å². The third kappa shape index (κ3) is 6.85. The summed E-state index contributed by atoms with van der Waals surface area (Å²) in [7, 11) is 0. The van der Waals surface area contributed by atoms with Crippen LogP contribution >= 0.6 is 24.0 Å². The number of aromatic nitrogens is 3. The van der Waals surface area contributed by atoms with Crippen LogP contribution in [0.2, 0.25) is 0 Å². The predicted octanol–water partition coefficient (Wildman–Crippen LogP) is 2.56. The van der Waals surface area contributed by atoms with Crippen LogP contribution in [-0.2, 0) is 11.3 Å². The quantitative estimate of drug-likeness (QED) is 0.353. The number of benzene rings is 1. The van der Waals surface area contributed by atoms with Crippen LogP contribution in [0.4, 0.5) is 4.79 Å². The maximum Gasteiger partial charge on any atom is 0.410 e. The smallest absolute Gasteiger partial charge is 0.410 e. The minimum Gasteiger partial charge on any atom is -0.444 e. The molecule has 2 heterocycles. The van der Waals surface area contributed by atoms with E-state index in [2.05, 4.69) is 25.7 Å². The number of carbonyl (C=O) groups excluding carboxylic acids is 1. The predicted molar refractivity (Wildman–Crippen MR) is 126 cm³/mol. The summed E-state index contributed by atoms with van der Waals surface area (Å²) in [6.45, 7) is 10.2. The van der Waals surface area contributed by atoms with Crippen LogP contribution in [-0.4, -0.2) is 63.0 Å². The summed E-state index contributed by atoms with van der Waals surface area (Å²) < 4.78 is 7.10. The summed E-state index contributed by atoms with van der Waals surface area (Å²) in [5.41, 5.74) is 1.57. The first kappa shape index (κ1) is 23.9. The standard InChI is InChI=1S/C20H29N7O2.HI/c1-5-22-18(25-16-11-26(12-16)19(28)29-20(2,3)4)23-10-15-6-8-17(9-7-15)27-14-21-13-24-27;/h6-9,13-14,16H,5,10-12H2,1-4H3,(H2,22,23,25);1H. The highest BCUT2D eigenvalue weighted by molar-refractivity contribution is 14.0. The lowest BCUT2D eigenvalue weighted by atomic mass is 10.1. The Labute approximate surface area is 194 Å². The van der Waals surface area contributed by atoms with Crippen LogP contribution in [0.5, 0.6) is 0 Å². The average molecular weight is 527 g/mol. The number of likely N-dealkylation sites (tertiary alicyclic amines) is 1. The van der Waals surface area contributed by atoms with Crippen molar-refractivity contribution in [3.05, 3.63) is 42.5 Å². The van der Waals surface area contributed by atoms with Gasteiger partial charge in [0.2, 0.25) is 0 Å². The second-order valence-electron chi connectivity index (χ2n) is 7.93. The number of nitrogens with zero attached hydrogens (tertiary/aromatic N) is 5. The molecule has 30 heavy (non-hydrogen) atoms. The summed E-state index contributed by atoms with van der Waals surface area (Å²) >= 11 is 0. The van der Waals surface area contributed by atoms with E-state index in [9.17, 15) is 4.79 Å². The molecule has 0 unspecified atom stereocenters. The number of ether oxygens (including phenoxy) is 1. The van der Waals surface area contributed by atoms with E-state index in [1.54, 1.807) is 15.9 Å². The van der Waals surface area contributed by atoms with Crippen LogP contribution in [0.25, 0.3) is 5.69 Å². The average Bonchev–Trinajstić information content (AvgIpc) is 3.15. The second kappa shape index (κ2) is 10.6. The summed E-state index contributed by atoms with van der Waals surface area (Å²) in [5, 5.41) is 10.7. The molecule has 1 aromatic heterocycles. The van der Waals surface area contributed by atoms with Gasteiger partial charge < -0.3 is 20.3 Å². The number of hydrogen-bond acceptors (Lipinski definition) is 5. The summed E-state index contributed by atoms with van der Waals surface area (Å²) in [6, 6.07) is 8.19. The topological polar surface area (TPSA) is 96.7 Å². The van der Waals surface area contributed by atoms with E-state index >= 15 is 0 Å². The lowest BCUT2D eigenvalue weighted by molar-refractivity contribution is 0.00701. The molecule has 1 fully saturated rings. The Balaban J connectivity index is 0.00000320. The monoisotopic (exact) mass is 527 g/mol. The van der Waals surface area contributed by atoms with Crippen molar-refractivity contribution in [2.24, 2.45) is 4.99 Å². The Morgan fingerprint density at radius 1 is 1.27 bits per heavy atom. The molecule has 0 bridgehead atoms. The van der Waals surface area contributed by atoms with E-state index in [1.165, 1.54) is 6.33 Å². The largest absolute Gasteiger partial charge is 0.444 e. The van der Waals surface area contributed by atoms with Gasteiger partial charge in [-0.2, -0.15) is 5.10 Å². The zero-order chi connectivity index (χ0) is 20.9. The highest BCUT2D eigenvalue weighted by Gasteiger charge is 2.34. The first-order valence-corrected chi connectivity index (χ1v) is 9.81. The van der Waals surface area contributed by atoms with Gasteiger partial charge in [0.25, 0.3) is 0 Å². The molecule has 10 heteroatoms. The normalized spacial score (nSPS) is 14.5. The Bertz CT molecular complexity index is 826.